The van der Waals surface area contributed by atoms with E-state index in [1.807, 2.05) is 0 Å². The van der Waals surface area contributed by atoms with Gasteiger partial charge < -0.3 is 14.2 Å². The van der Waals surface area contributed by atoms with Crippen LogP contribution >= 0.6 is 11.6 Å². The van der Waals surface area contributed by atoms with Crippen LogP contribution in [0, 0.1) is 5.82 Å². The van der Waals surface area contributed by atoms with Gasteiger partial charge in [-0.15, -0.1) is 0 Å². The van der Waals surface area contributed by atoms with Crippen molar-refractivity contribution in [2.45, 2.75) is 20.0 Å². The highest BCUT2D eigenvalue weighted by molar-refractivity contribution is 6.32. The van der Waals surface area contributed by atoms with Crippen molar-refractivity contribution in [2.75, 3.05) is 19.8 Å². The number of halogens is 5. The topological polar surface area (TPSA) is 88.8 Å². The highest BCUT2D eigenvalue weighted by Gasteiger charge is 2.35. The molecule has 1 aromatic heterocycles. The van der Waals surface area contributed by atoms with Crippen molar-refractivity contribution < 1.29 is 36.6 Å². The van der Waals surface area contributed by atoms with Gasteiger partial charge in [0.05, 0.1) is 30.0 Å². The number of hydrogen-bond donors (Lipinski definition) is 0. The first-order valence-electron chi connectivity index (χ1n) is 9.43. The van der Waals surface area contributed by atoms with Crippen LogP contribution in [-0.4, -0.2) is 34.9 Å². The van der Waals surface area contributed by atoms with E-state index < -0.39 is 40.6 Å². The van der Waals surface area contributed by atoms with Gasteiger partial charge in [0, 0.05) is 19.2 Å². The zero-order chi connectivity index (χ0) is 24.9. The van der Waals surface area contributed by atoms with E-state index in [0.717, 1.165) is 25.3 Å². The first kappa shape index (κ1) is 26.0. The summed E-state index contributed by atoms with van der Waals surface area (Å²) in [7, 11) is 0.793. The predicted molar refractivity (Wildman–Crippen MR) is 109 cm³/mol. The maximum atomic E-state index is 14.6. The molecule has 0 radical (unpaired) electrons. The molecule has 0 unspecified atom stereocenters. The number of aromatic nitrogens is 2. The Hall–Kier alpha value is -3.28. The minimum absolute atomic E-state index is 0.0421. The fourth-order valence-electron chi connectivity index (χ4n) is 2.69. The fraction of sp³-hybridized carbons (Fsp3) is 0.350. The van der Waals surface area contributed by atoms with Gasteiger partial charge in [-0.2, -0.15) is 13.2 Å². The van der Waals surface area contributed by atoms with Crippen molar-refractivity contribution in [1.29, 1.82) is 0 Å². The Kier molecular flexibility index (Phi) is 8.31. The van der Waals surface area contributed by atoms with E-state index in [0.29, 0.717) is 0 Å². The minimum Gasteiger partial charge on any atom is -0.494 e. The molecule has 0 saturated heterocycles. The Morgan fingerprint density at radius 1 is 1.12 bits per heavy atom. The van der Waals surface area contributed by atoms with Crippen LogP contribution in [0.15, 0.2) is 39.6 Å². The summed E-state index contributed by atoms with van der Waals surface area (Å²) >= 11 is 5.96. The molecule has 0 aliphatic rings. The van der Waals surface area contributed by atoms with Gasteiger partial charge >= 0.3 is 17.8 Å². The SMILES string of the molecule is CCOC(=O)/C=C(\COc1cc(-n2c(=O)cc(C(F)(F)F)n(C)c2=O)c(F)cc1Cl)OCC. The van der Waals surface area contributed by atoms with Crippen LogP contribution in [0.1, 0.15) is 19.5 Å². The van der Waals surface area contributed by atoms with E-state index in [1.165, 1.54) is 0 Å². The zero-order valence-corrected chi connectivity index (χ0v) is 18.4. The third-order valence-corrected chi connectivity index (χ3v) is 4.41. The summed E-state index contributed by atoms with van der Waals surface area (Å²) in [4.78, 5) is 36.3. The van der Waals surface area contributed by atoms with Gasteiger partial charge in [-0.1, -0.05) is 11.6 Å². The molecule has 0 aliphatic carbocycles. The van der Waals surface area contributed by atoms with E-state index in [1.54, 1.807) is 13.8 Å². The molecule has 1 heterocycles. The molecule has 2 aromatic rings. The van der Waals surface area contributed by atoms with Gasteiger partial charge in [-0.05, 0) is 19.9 Å². The number of rotatable bonds is 8. The average Bonchev–Trinajstić information content (AvgIpc) is 2.70. The van der Waals surface area contributed by atoms with Crippen LogP contribution in [0.3, 0.4) is 0 Å². The lowest BCUT2D eigenvalue weighted by molar-refractivity contribution is -0.144. The third-order valence-electron chi connectivity index (χ3n) is 4.12. The molecular formula is C20H19ClF4N2O6. The minimum atomic E-state index is -4.97. The summed E-state index contributed by atoms with van der Waals surface area (Å²) in [5.41, 5.74) is -5.01. The molecule has 13 heteroatoms. The molecule has 33 heavy (non-hydrogen) atoms. The van der Waals surface area contributed by atoms with E-state index in [2.05, 4.69) is 0 Å². The second kappa shape index (κ2) is 10.6. The molecule has 8 nitrogen and oxygen atoms in total. The van der Waals surface area contributed by atoms with Crippen molar-refractivity contribution >= 4 is 17.6 Å². The van der Waals surface area contributed by atoms with Crippen LogP contribution in [0.5, 0.6) is 5.75 Å². The Balaban J connectivity index is 2.50. The molecule has 0 fully saturated rings. The summed E-state index contributed by atoms with van der Waals surface area (Å²) in [6.07, 6.45) is -3.94. The van der Waals surface area contributed by atoms with E-state index in [4.69, 9.17) is 25.8 Å². The Bertz CT molecular complexity index is 1190. The van der Waals surface area contributed by atoms with Gasteiger partial charge in [0.2, 0.25) is 0 Å². The van der Waals surface area contributed by atoms with Crippen molar-refractivity contribution in [2.24, 2.45) is 7.05 Å². The first-order chi connectivity index (χ1) is 15.4. The van der Waals surface area contributed by atoms with Gasteiger partial charge in [0.1, 0.15) is 29.6 Å². The van der Waals surface area contributed by atoms with E-state index in [9.17, 15) is 31.9 Å². The van der Waals surface area contributed by atoms with Crippen LogP contribution in [0.25, 0.3) is 5.69 Å². The lowest BCUT2D eigenvalue weighted by atomic mass is 10.2. The van der Waals surface area contributed by atoms with Crippen molar-refractivity contribution in [3.8, 4) is 11.4 Å². The molecule has 0 amide bonds. The second-order valence-corrected chi connectivity index (χ2v) is 6.77. The Labute approximate surface area is 189 Å². The number of benzene rings is 1. The maximum Gasteiger partial charge on any atom is 0.431 e. The molecule has 1 aromatic carbocycles. The number of alkyl halides is 3. The molecule has 2 rings (SSSR count). The number of carbonyl (C=O) groups is 1. The number of nitrogens with zero attached hydrogens (tertiary/aromatic N) is 2. The number of carbonyl (C=O) groups excluding carboxylic acids is 1. The molecule has 180 valence electrons. The third kappa shape index (κ3) is 6.15. The van der Waals surface area contributed by atoms with Gasteiger partial charge in [0.25, 0.3) is 5.56 Å². The summed E-state index contributed by atoms with van der Waals surface area (Å²) in [6, 6.07) is 1.78. The molecule has 0 atom stereocenters. The molecule has 0 aliphatic heterocycles. The van der Waals surface area contributed by atoms with Gasteiger partial charge in [-0.3, -0.25) is 9.36 Å². The predicted octanol–water partition coefficient (Wildman–Crippen LogP) is 3.21. The smallest absolute Gasteiger partial charge is 0.431 e. The first-order valence-corrected chi connectivity index (χ1v) is 9.81. The summed E-state index contributed by atoms with van der Waals surface area (Å²) in [5.74, 6) is -2.04. The lowest BCUT2D eigenvalue weighted by Crippen LogP contribution is -2.41. The van der Waals surface area contributed by atoms with Crippen LogP contribution in [0.2, 0.25) is 5.02 Å². The van der Waals surface area contributed by atoms with Crippen molar-refractivity contribution in [3.05, 3.63) is 67.4 Å². The van der Waals surface area contributed by atoms with Crippen molar-refractivity contribution in [3.63, 3.8) is 0 Å². The van der Waals surface area contributed by atoms with Gasteiger partial charge in [0.15, 0.2) is 0 Å². The summed E-state index contributed by atoms with van der Waals surface area (Å²) < 4.78 is 69.5. The summed E-state index contributed by atoms with van der Waals surface area (Å²) in [5, 5.41) is -0.264. The molecule has 0 saturated carbocycles. The number of esters is 1. The lowest BCUT2D eigenvalue weighted by Gasteiger charge is -2.16. The maximum absolute atomic E-state index is 14.6. The standard InChI is InChI=1S/C20H19ClF4N2O6/c1-4-31-11(6-18(29)32-5-2)10-33-15-8-14(13(22)7-12(15)21)27-17(28)9-16(20(23,24)25)26(3)19(27)30/h6-9H,4-5,10H2,1-3H3/b11-6+. The molecule has 0 spiro atoms. The second-order valence-electron chi connectivity index (χ2n) is 6.36. The van der Waals surface area contributed by atoms with E-state index in [-0.39, 0.29) is 51.6 Å². The normalized spacial score (nSPS) is 11.9. The quantitative estimate of drug-likeness (QED) is 0.242. The Morgan fingerprint density at radius 3 is 2.33 bits per heavy atom. The van der Waals surface area contributed by atoms with Gasteiger partial charge in [-0.25, -0.2) is 18.5 Å². The van der Waals surface area contributed by atoms with Crippen molar-refractivity contribution in [1.82, 2.24) is 9.13 Å². The fourth-order valence-corrected chi connectivity index (χ4v) is 2.90. The molecule has 0 N–H and O–H groups in total. The molecule has 0 bridgehead atoms. The highest BCUT2D eigenvalue weighted by atomic mass is 35.5. The van der Waals surface area contributed by atoms with Crippen LogP contribution in [-0.2, 0) is 27.5 Å². The number of hydrogen-bond acceptors (Lipinski definition) is 6. The van der Waals surface area contributed by atoms with E-state index >= 15 is 0 Å². The monoisotopic (exact) mass is 494 g/mol. The highest BCUT2D eigenvalue weighted by Crippen LogP contribution is 2.30. The Morgan fingerprint density at radius 2 is 1.76 bits per heavy atom. The number of ether oxygens (including phenoxy) is 3. The van der Waals surface area contributed by atoms with Crippen LogP contribution in [0.4, 0.5) is 17.6 Å². The van der Waals surface area contributed by atoms with Crippen LogP contribution < -0.4 is 16.0 Å². The zero-order valence-electron chi connectivity index (χ0n) is 17.7. The average molecular weight is 495 g/mol. The largest absolute Gasteiger partial charge is 0.494 e. The molecular weight excluding hydrogens is 476 g/mol. The summed E-state index contributed by atoms with van der Waals surface area (Å²) in [6.45, 7) is 3.19.